The fraction of sp³-hybridized carbons (Fsp3) is 0.600. The maximum absolute atomic E-state index is 12.5. The summed E-state index contributed by atoms with van der Waals surface area (Å²) in [6.45, 7) is 0.616. The fourth-order valence-corrected chi connectivity index (χ4v) is 2.17. The van der Waals surface area contributed by atoms with Crippen LogP contribution < -0.4 is 4.90 Å². The smallest absolute Gasteiger partial charge is 0.354 e. The van der Waals surface area contributed by atoms with Crippen LogP contribution in [0.3, 0.4) is 0 Å². The van der Waals surface area contributed by atoms with Gasteiger partial charge in [0, 0.05) is 25.5 Å². The highest BCUT2D eigenvalue weighted by Crippen LogP contribution is 2.35. The second kappa shape index (κ2) is 4.68. The predicted octanol–water partition coefficient (Wildman–Crippen LogP) is 2.91. The van der Waals surface area contributed by atoms with Gasteiger partial charge in [-0.3, -0.25) is 0 Å². The van der Waals surface area contributed by atoms with Crippen LogP contribution in [0.25, 0.3) is 0 Å². The van der Waals surface area contributed by atoms with Crippen LogP contribution in [0.2, 0.25) is 5.15 Å². The molecule has 1 aliphatic heterocycles. The molecular formula is C10H11ClF3N3. The van der Waals surface area contributed by atoms with Gasteiger partial charge in [-0.15, -0.1) is 0 Å². The van der Waals surface area contributed by atoms with Crippen molar-refractivity contribution in [3.63, 3.8) is 0 Å². The minimum atomic E-state index is -4.10. The third kappa shape index (κ3) is 2.80. The first-order chi connectivity index (χ1) is 7.98. The monoisotopic (exact) mass is 265 g/mol. The molecule has 0 amide bonds. The fourth-order valence-electron chi connectivity index (χ4n) is 1.94. The van der Waals surface area contributed by atoms with Gasteiger partial charge in [-0.25, -0.2) is 9.97 Å². The Morgan fingerprint density at radius 3 is 2.29 bits per heavy atom. The highest BCUT2D eigenvalue weighted by atomic mass is 35.5. The Balaban J connectivity index is 2.03. The number of hydrogen-bond donors (Lipinski definition) is 0. The predicted molar refractivity (Wildman–Crippen MR) is 58.0 cm³/mol. The third-order valence-electron chi connectivity index (χ3n) is 2.89. The topological polar surface area (TPSA) is 29.0 Å². The van der Waals surface area contributed by atoms with Crippen molar-refractivity contribution < 1.29 is 13.2 Å². The van der Waals surface area contributed by atoms with Gasteiger partial charge in [0.15, 0.2) is 11.0 Å². The molecule has 2 rings (SSSR count). The molecular weight excluding hydrogens is 255 g/mol. The lowest BCUT2D eigenvalue weighted by Crippen LogP contribution is -2.39. The van der Waals surface area contributed by atoms with Crippen LogP contribution in [-0.2, 0) is 0 Å². The van der Waals surface area contributed by atoms with Crippen LogP contribution in [-0.4, -0.2) is 29.2 Å². The summed E-state index contributed by atoms with van der Waals surface area (Å²) in [5, 5.41) is 0.234. The lowest BCUT2D eigenvalue weighted by atomic mass is 9.96. The van der Waals surface area contributed by atoms with Crippen LogP contribution in [0.15, 0.2) is 12.4 Å². The quantitative estimate of drug-likeness (QED) is 0.782. The van der Waals surface area contributed by atoms with Gasteiger partial charge in [0.05, 0.1) is 5.92 Å². The number of halogens is 4. The lowest BCUT2D eigenvalue weighted by molar-refractivity contribution is -0.179. The summed E-state index contributed by atoms with van der Waals surface area (Å²) in [5.74, 6) is -0.746. The summed E-state index contributed by atoms with van der Waals surface area (Å²) < 4.78 is 37.4. The largest absolute Gasteiger partial charge is 0.391 e. The van der Waals surface area contributed by atoms with Gasteiger partial charge in [0.25, 0.3) is 0 Å². The molecule has 1 aliphatic rings. The van der Waals surface area contributed by atoms with Crippen molar-refractivity contribution in [2.24, 2.45) is 5.92 Å². The molecule has 7 heteroatoms. The average molecular weight is 266 g/mol. The summed E-state index contributed by atoms with van der Waals surface area (Å²) in [7, 11) is 0. The standard InChI is InChI=1S/C10H11ClF3N3/c11-8-9(16-4-3-15-8)17-5-1-7(2-6-17)10(12,13)14/h3-4,7H,1-2,5-6H2. The summed E-state index contributed by atoms with van der Waals surface area (Å²) in [6, 6.07) is 0. The summed E-state index contributed by atoms with van der Waals surface area (Å²) in [6.07, 6.45) is -1.00. The molecule has 1 saturated heterocycles. The SMILES string of the molecule is FC(F)(F)C1CCN(c2nccnc2Cl)CC1. The van der Waals surface area contributed by atoms with Crippen LogP contribution in [0.1, 0.15) is 12.8 Å². The number of alkyl halides is 3. The molecule has 1 aromatic rings. The van der Waals surface area contributed by atoms with E-state index >= 15 is 0 Å². The van der Waals surface area contributed by atoms with E-state index in [4.69, 9.17) is 11.6 Å². The van der Waals surface area contributed by atoms with E-state index in [0.29, 0.717) is 18.9 Å². The molecule has 0 radical (unpaired) electrons. The highest BCUT2D eigenvalue weighted by Gasteiger charge is 2.41. The first-order valence-electron chi connectivity index (χ1n) is 5.26. The Hall–Kier alpha value is -1.04. The Morgan fingerprint density at radius 1 is 1.18 bits per heavy atom. The van der Waals surface area contributed by atoms with E-state index in [1.165, 1.54) is 12.4 Å². The van der Waals surface area contributed by atoms with Crippen molar-refractivity contribution in [1.29, 1.82) is 0 Å². The van der Waals surface area contributed by atoms with Crippen LogP contribution >= 0.6 is 11.6 Å². The normalized spacial score (nSPS) is 18.5. The second-order valence-electron chi connectivity index (χ2n) is 3.97. The minimum absolute atomic E-state index is 0.0798. The van der Waals surface area contributed by atoms with E-state index in [2.05, 4.69) is 9.97 Å². The molecule has 0 aromatic carbocycles. The van der Waals surface area contributed by atoms with E-state index < -0.39 is 12.1 Å². The molecule has 0 unspecified atom stereocenters. The number of nitrogens with zero attached hydrogens (tertiary/aromatic N) is 3. The van der Waals surface area contributed by atoms with Crippen molar-refractivity contribution in [3.8, 4) is 0 Å². The van der Waals surface area contributed by atoms with Crippen LogP contribution in [0.4, 0.5) is 19.0 Å². The van der Waals surface area contributed by atoms with Crippen LogP contribution in [0, 0.1) is 5.92 Å². The molecule has 0 N–H and O–H groups in total. The molecule has 1 aromatic heterocycles. The zero-order valence-corrected chi connectivity index (χ0v) is 9.67. The second-order valence-corrected chi connectivity index (χ2v) is 4.33. The Bertz CT molecular complexity index is 389. The molecule has 0 spiro atoms. The van der Waals surface area contributed by atoms with Crippen molar-refractivity contribution >= 4 is 17.4 Å². The maximum atomic E-state index is 12.5. The molecule has 1 fully saturated rings. The van der Waals surface area contributed by atoms with Crippen LogP contribution in [0.5, 0.6) is 0 Å². The minimum Gasteiger partial charge on any atom is -0.354 e. The van der Waals surface area contributed by atoms with Crippen molar-refractivity contribution in [2.75, 3.05) is 18.0 Å². The number of rotatable bonds is 1. The molecule has 0 atom stereocenters. The lowest BCUT2D eigenvalue weighted by Gasteiger charge is -2.33. The summed E-state index contributed by atoms with van der Waals surface area (Å²) in [4.78, 5) is 9.65. The summed E-state index contributed by atoms with van der Waals surface area (Å²) in [5.41, 5.74) is 0. The van der Waals surface area contributed by atoms with Gasteiger partial charge in [-0.05, 0) is 12.8 Å². The molecule has 0 bridgehead atoms. The molecule has 2 heterocycles. The number of anilines is 1. The highest BCUT2D eigenvalue weighted by molar-refractivity contribution is 6.31. The van der Waals surface area contributed by atoms with E-state index in [-0.39, 0.29) is 18.0 Å². The Morgan fingerprint density at radius 2 is 1.76 bits per heavy atom. The first-order valence-corrected chi connectivity index (χ1v) is 5.64. The van der Waals surface area contributed by atoms with Gasteiger partial charge in [-0.2, -0.15) is 13.2 Å². The van der Waals surface area contributed by atoms with E-state index in [1.807, 2.05) is 0 Å². The van der Waals surface area contributed by atoms with E-state index in [1.54, 1.807) is 4.90 Å². The van der Waals surface area contributed by atoms with E-state index in [0.717, 1.165) is 0 Å². The molecule has 0 saturated carbocycles. The average Bonchev–Trinajstić information content (AvgIpc) is 2.29. The molecule has 17 heavy (non-hydrogen) atoms. The van der Waals surface area contributed by atoms with Gasteiger partial charge in [0.1, 0.15) is 0 Å². The number of aromatic nitrogens is 2. The third-order valence-corrected chi connectivity index (χ3v) is 3.16. The van der Waals surface area contributed by atoms with Gasteiger partial charge in [0.2, 0.25) is 0 Å². The first kappa shape index (κ1) is 12.4. The van der Waals surface area contributed by atoms with Gasteiger partial charge in [-0.1, -0.05) is 11.6 Å². The summed E-state index contributed by atoms with van der Waals surface area (Å²) >= 11 is 5.85. The number of piperidine rings is 1. The van der Waals surface area contributed by atoms with Gasteiger partial charge < -0.3 is 4.90 Å². The zero-order chi connectivity index (χ0) is 12.5. The zero-order valence-electron chi connectivity index (χ0n) is 8.91. The Labute approximate surface area is 102 Å². The number of hydrogen-bond acceptors (Lipinski definition) is 3. The molecule has 94 valence electrons. The van der Waals surface area contributed by atoms with Gasteiger partial charge >= 0.3 is 6.18 Å². The molecule has 0 aliphatic carbocycles. The van der Waals surface area contributed by atoms with E-state index in [9.17, 15) is 13.2 Å². The van der Waals surface area contributed by atoms with Crippen molar-refractivity contribution in [2.45, 2.75) is 19.0 Å². The molecule has 3 nitrogen and oxygen atoms in total. The maximum Gasteiger partial charge on any atom is 0.391 e. The van der Waals surface area contributed by atoms with Crippen molar-refractivity contribution in [3.05, 3.63) is 17.5 Å². The van der Waals surface area contributed by atoms with Crippen molar-refractivity contribution in [1.82, 2.24) is 9.97 Å². The Kier molecular flexibility index (Phi) is 3.42.